The van der Waals surface area contributed by atoms with E-state index in [1.807, 2.05) is 18.2 Å². The Balaban J connectivity index is 1.59. The fraction of sp³-hybridized carbons (Fsp3) is 0.360. The lowest BCUT2D eigenvalue weighted by Gasteiger charge is -2.28. The summed E-state index contributed by atoms with van der Waals surface area (Å²) >= 11 is 0. The third-order valence-corrected chi connectivity index (χ3v) is 6.12. The number of aromatic hydroxyl groups is 1. The first kappa shape index (κ1) is 17.1. The van der Waals surface area contributed by atoms with Crippen LogP contribution in [0.2, 0.25) is 0 Å². The van der Waals surface area contributed by atoms with Gasteiger partial charge in [0.25, 0.3) is 0 Å². The van der Waals surface area contributed by atoms with E-state index in [4.69, 9.17) is 0 Å². The molecule has 4 rings (SSSR count). The lowest BCUT2D eigenvalue weighted by Crippen LogP contribution is -2.13. The van der Waals surface area contributed by atoms with E-state index in [0.29, 0.717) is 11.7 Å². The van der Waals surface area contributed by atoms with Gasteiger partial charge in [-0.25, -0.2) is 0 Å². The van der Waals surface area contributed by atoms with Gasteiger partial charge >= 0.3 is 0 Å². The van der Waals surface area contributed by atoms with Gasteiger partial charge in [-0.1, -0.05) is 74.4 Å². The van der Waals surface area contributed by atoms with Crippen molar-refractivity contribution in [2.75, 3.05) is 0 Å². The molecule has 0 atom stereocenters. The zero-order valence-electron chi connectivity index (χ0n) is 15.6. The number of fused-ring (bicyclic) bond motifs is 1. The zero-order chi connectivity index (χ0) is 17.9. The van der Waals surface area contributed by atoms with Crippen molar-refractivity contribution < 1.29 is 5.11 Å². The van der Waals surface area contributed by atoms with Crippen LogP contribution in [0, 0.1) is 5.92 Å². The van der Waals surface area contributed by atoms with Gasteiger partial charge in [-0.3, -0.25) is 0 Å². The van der Waals surface area contributed by atoms with Crippen molar-refractivity contribution in [1.29, 1.82) is 0 Å². The predicted octanol–water partition coefficient (Wildman–Crippen LogP) is 7.29. The predicted molar refractivity (Wildman–Crippen MR) is 111 cm³/mol. The summed E-state index contributed by atoms with van der Waals surface area (Å²) in [6.45, 7) is 2.30. The van der Waals surface area contributed by atoms with Gasteiger partial charge in [0.1, 0.15) is 5.75 Å². The monoisotopic (exact) mass is 344 g/mol. The second kappa shape index (κ2) is 7.53. The SMILES string of the molecule is CCCC1CCC(c2ccc(-c3c(O)ccc4ccccc34)cc2)CC1. The van der Waals surface area contributed by atoms with Crippen molar-refractivity contribution >= 4 is 10.8 Å². The van der Waals surface area contributed by atoms with Crippen LogP contribution in [0.5, 0.6) is 5.75 Å². The van der Waals surface area contributed by atoms with Crippen LogP contribution in [0.4, 0.5) is 0 Å². The lowest BCUT2D eigenvalue weighted by atomic mass is 9.77. The van der Waals surface area contributed by atoms with Crippen LogP contribution in [-0.4, -0.2) is 5.11 Å². The number of phenols is 1. The highest BCUT2D eigenvalue weighted by atomic mass is 16.3. The molecular formula is C25H28O. The zero-order valence-corrected chi connectivity index (χ0v) is 15.6. The van der Waals surface area contributed by atoms with E-state index in [0.717, 1.165) is 22.4 Å². The molecule has 1 saturated carbocycles. The minimum Gasteiger partial charge on any atom is -0.507 e. The van der Waals surface area contributed by atoms with Gasteiger partial charge in [-0.15, -0.1) is 0 Å². The largest absolute Gasteiger partial charge is 0.507 e. The summed E-state index contributed by atoms with van der Waals surface area (Å²) in [7, 11) is 0. The molecule has 0 heterocycles. The molecule has 3 aromatic rings. The average Bonchev–Trinajstić information content (AvgIpc) is 2.69. The first-order valence-corrected chi connectivity index (χ1v) is 10.1. The Morgan fingerprint density at radius 1 is 0.846 bits per heavy atom. The summed E-state index contributed by atoms with van der Waals surface area (Å²) in [4.78, 5) is 0. The molecule has 3 aromatic carbocycles. The molecule has 1 heteroatoms. The van der Waals surface area contributed by atoms with Crippen LogP contribution < -0.4 is 0 Å². The normalized spacial score (nSPS) is 20.3. The van der Waals surface area contributed by atoms with Crippen molar-refractivity contribution in [2.45, 2.75) is 51.4 Å². The van der Waals surface area contributed by atoms with Gasteiger partial charge in [0.2, 0.25) is 0 Å². The van der Waals surface area contributed by atoms with Gasteiger partial charge in [-0.05, 0) is 65.5 Å². The number of benzene rings is 3. The smallest absolute Gasteiger partial charge is 0.124 e. The Labute approximate surface area is 156 Å². The summed E-state index contributed by atoms with van der Waals surface area (Å²) in [6.07, 6.45) is 8.12. The molecule has 0 saturated heterocycles. The maximum absolute atomic E-state index is 10.5. The van der Waals surface area contributed by atoms with Crippen LogP contribution in [-0.2, 0) is 0 Å². The molecule has 1 aliphatic rings. The molecular weight excluding hydrogens is 316 g/mol. The molecule has 1 aliphatic carbocycles. The molecule has 1 N–H and O–H groups in total. The van der Waals surface area contributed by atoms with E-state index < -0.39 is 0 Å². The fourth-order valence-electron chi connectivity index (χ4n) is 4.68. The summed E-state index contributed by atoms with van der Waals surface area (Å²) in [5, 5.41) is 12.7. The van der Waals surface area contributed by atoms with E-state index in [2.05, 4.69) is 43.3 Å². The first-order valence-electron chi connectivity index (χ1n) is 10.1. The Morgan fingerprint density at radius 3 is 2.31 bits per heavy atom. The van der Waals surface area contributed by atoms with Crippen molar-refractivity contribution in [3.63, 3.8) is 0 Å². The molecule has 0 radical (unpaired) electrons. The molecule has 0 unspecified atom stereocenters. The van der Waals surface area contributed by atoms with Crippen LogP contribution in [0.15, 0.2) is 60.7 Å². The Bertz CT molecular complexity index is 870. The van der Waals surface area contributed by atoms with Crippen molar-refractivity contribution in [2.24, 2.45) is 5.92 Å². The maximum atomic E-state index is 10.5. The molecule has 0 aliphatic heterocycles. The van der Waals surface area contributed by atoms with Gasteiger partial charge in [-0.2, -0.15) is 0 Å². The molecule has 26 heavy (non-hydrogen) atoms. The van der Waals surface area contributed by atoms with Crippen LogP contribution in [0.1, 0.15) is 56.9 Å². The van der Waals surface area contributed by atoms with E-state index in [1.165, 1.54) is 49.5 Å². The quantitative estimate of drug-likeness (QED) is 0.527. The highest BCUT2D eigenvalue weighted by Gasteiger charge is 2.22. The van der Waals surface area contributed by atoms with Gasteiger partial charge in [0.15, 0.2) is 0 Å². The second-order valence-corrected chi connectivity index (χ2v) is 7.81. The summed E-state index contributed by atoms with van der Waals surface area (Å²) < 4.78 is 0. The summed E-state index contributed by atoms with van der Waals surface area (Å²) in [5.41, 5.74) is 3.51. The first-order chi connectivity index (χ1) is 12.8. The van der Waals surface area contributed by atoms with Crippen LogP contribution in [0.25, 0.3) is 21.9 Å². The highest BCUT2D eigenvalue weighted by molar-refractivity contribution is 5.99. The highest BCUT2D eigenvalue weighted by Crippen LogP contribution is 2.40. The van der Waals surface area contributed by atoms with Gasteiger partial charge in [0, 0.05) is 5.56 Å². The van der Waals surface area contributed by atoms with Gasteiger partial charge < -0.3 is 5.11 Å². The van der Waals surface area contributed by atoms with Crippen LogP contribution >= 0.6 is 0 Å². The van der Waals surface area contributed by atoms with E-state index in [9.17, 15) is 5.11 Å². The minimum atomic E-state index is 0.358. The fourth-order valence-corrected chi connectivity index (χ4v) is 4.68. The number of rotatable bonds is 4. The van der Waals surface area contributed by atoms with E-state index >= 15 is 0 Å². The number of phenolic OH excluding ortho intramolecular Hbond substituents is 1. The molecule has 0 aromatic heterocycles. The minimum absolute atomic E-state index is 0.358. The van der Waals surface area contributed by atoms with E-state index in [-0.39, 0.29) is 0 Å². The van der Waals surface area contributed by atoms with Gasteiger partial charge in [0.05, 0.1) is 0 Å². The summed E-state index contributed by atoms with van der Waals surface area (Å²) in [5.74, 6) is 2.01. The molecule has 1 fully saturated rings. The van der Waals surface area contributed by atoms with Crippen molar-refractivity contribution in [3.8, 4) is 16.9 Å². The van der Waals surface area contributed by atoms with E-state index in [1.54, 1.807) is 6.07 Å². The molecule has 134 valence electrons. The average molecular weight is 344 g/mol. The maximum Gasteiger partial charge on any atom is 0.124 e. The molecule has 0 amide bonds. The van der Waals surface area contributed by atoms with Crippen molar-refractivity contribution in [3.05, 3.63) is 66.2 Å². The van der Waals surface area contributed by atoms with Crippen LogP contribution in [0.3, 0.4) is 0 Å². The Kier molecular flexibility index (Phi) is 4.97. The number of hydrogen-bond donors (Lipinski definition) is 1. The second-order valence-electron chi connectivity index (χ2n) is 7.81. The standard InChI is InChI=1S/C25H28O/c1-2-5-18-8-10-19(11-9-18)20-12-14-22(15-13-20)25-23-7-4-3-6-21(23)16-17-24(25)26/h3-4,6-7,12-19,26H,2,5,8-11H2,1H3. The molecule has 1 nitrogen and oxygen atoms in total. The lowest BCUT2D eigenvalue weighted by molar-refractivity contribution is 0.308. The molecule has 0 spiro atoms. The Hall–Kier alpha value is -2.28. The third kappa shape index (κ3) is 3.35. The van der Waals surface area contributed by atoms with Crippen molar-refractivity contribution in [1.82, 2.24) is 0 Å². The summed E-state index contributed by atoms with van der Waals surface area (Å²) in [6, 6.07) is 21.0. The topological polar surface area (TPSA) is 20.2 Å². The molecule has 0 bridgehead atoms. The third-order valence-electron chi connectivity index (χ3n) is 6.12. The Morgan fingerprint density at radius 2 is 1.58 bits per heavy atom. The number of hydrogen-bond acceptors (Lipinski definition) is 1.